The van der Waals surface area contributed by atoms with Crippen LogP contribution in [0.5, 0.6) is 0 Å². The van der Waals surface area contributed by atoms with Gasteiger partial charge in [0, 0.05) is 5.56 Å². The average molecular weight is 248 g/mol. The van der Waals surface area contributed by atoms with Crippen LogP contribution in [-0.2, 0) is 0 Å². The summed E-state index contributed by atoms with van der Waals surface area (Å²) < 4.78 is 13.8. The van der Waals surface area contributed by atoms with Crippen LogP contribution in [0, 0.1) is 5.82 Å². The molecular weight excluding hydrogens is 237 g/mol. The lowest BCUT2D eigenvalue weighted by Crippen LogP contribution is -2.21. The summed E-state index contributed by atoms with van der Waals surface area (Å²) in [7, 11) is 1.68. The zero-order valence-corrected chi connectivity index (χ0v) is 8.81. The Morgan fingerprint density at radius 3 is 2.85 bits per heavy atom. The zero-order chi connectivity index (χ0) is 9.84. The molecule has 1 atom stereocenters. The molecule has 0 aliphatic rings. The Hall–Kier alpha value is -0.450. The first-order valence-corrected chi connectivity index (χ1v) is 4.72. The van der Waals surface area contributed by atoms with Crippen molar-refractivity contribution in [1.82, 2.24) is 5.32 Å². The number of aliphatic hydroxyl groups excluding tert-OH is 1. The van der Waals surface area contributed by atoms with E-state index in [1.54, 1.807) is 25.2 Å². The van der Waals surface area contributed by atoms with E-state index < -0.39 is 0 Å². The first kappa shape index (κ1) is 10.6. The van der Waals surface area contributed by atoms with Crippen molar-refractivity contribution < 1.29 is 9.50 Å². The molecule has 1 rings (SSSR count). The Labute approximate surface area is 84.9 Å². The van der Waals surface area contributed by atoms with Crippen LogP contribution in [0.4, 0.5) is 4.39 Å². The molecule has 2 N–H and O–H groups in total. The van der Waals surface area contributed by atoms with Crippen molar-refractivity contribution in [3.05, 3.63) is 34.1 Å². The van der Waals surface area contributed by atoms with Crippen molar-refractivity contribution in [2.24, 2.45) is 0 Å². The smallest absolute Gasteiger partial charge is 0.142 e. The zero-order valence-electron chi connectivity index (χ0n) is 7.22. The molecule has 2 nitrogen and oxygen atoms in total. The Balaban J connectivity index is 3.05. The molecule has 0 fully saturated rings. The molecule has 0 aliphatic heterocycles. The van der Waals surface area contributed by atoms with Crippen LogP contribution in [0.3, 0.4) is 0 Å². The van der Waals surface area contributed by atoms with Crippen molar-refractivity contribution in [2.45, 2.75) is 6.04 Å². The van der Waals surface area contributed by atoms with Crippen LogP contribution >= 0.6 is 15.9 Å². The molecule has 13 heavy (non-hydrogen) atoms. The summed E-state index contributed by atoms with van der Waals surface area (Å²) in [4.78, 5) is 0. The van der Waals surface area contributed by atoms with E-state index >= 15 is 0 Å². The minimum atomic E-state index is -0.350. The van der Waals surface area contributed by atoms with Gasteiger partial charge < -0.3 is 10.4 Å². The summed E-state index contributed by atoms with van der Waals surface area (Å²) in [6, 6.07) is 4.67. The number of rotatable bonds is 3. The van der Waals surface area contributed by atoms with E-state index in [0.29, 0.717) is 10.0 Å². The molecule has 0 saturated carbocycles. The van der Waals surface area contributed by atoms with Crippen molar-refractivity contribution in [3.8, 4) is 0 Å². The van der Waals surface area contributed by atoms with E-state index in [0.717, 1.165) is 0 Å². The molecule has 1 aromatic rings. The lowest BCUT2D eigenvalue weighted by atomic mass is 10.1. The Morgan fingerprint density at radius 1 is 1.62 bits per heavy atom. The number of benzene rings is 1. The summed E-state index contributed by atoms with van der Waals surface area (Å²) in [5.74, 6) is -0.323. The summed E-state index contributed by atoms with van der Waals surface area (Å²) >= 11 is 3.09. The minimum absolute atomic E-state index is 0.121. The topological polar surface area (TPSA) is 32.3 Å². The van der Waals surface area contributed by atoms with E-state index in [-0.39, 0.29) is 18.5 Å². The number of halogens is 2. The third kappa shape index (κ3) is 2.27. The monoisotopic (exact) mass is 247 g/mol. The third-order valence-corrected chi connectivity index (χ3v) is 2.50. The molecule has 0 spiro atoms. The van der Waals surface area contributed by atoms with Gasteiger partial charge in [0.25, 0.3) is 0 Å². The van der Waals surface area contributed by atoms with Gasteiger partial charge in [0.1, 0.15) is 5.82 Å². The summed E-state index contributed by atoms with van der Waals surface area (Å²) in [5.41, 5.74) is 0.472. The quantitative estimate of drug-likeness (QED) is 0.855. The molecule has 1 aromatic carbocycles. The predicted molar refractivity (Wildman–Crippen MR) is 53.0 cm³/mol. The summed E-state index contributed by atoms with van der Waals surface area (Å²) in [6.07, 6.45) is 0. The predicted octanol–water partition coefficient (Wildman–Crippen LogP) is 1.84. The standard InChI is InChI=1S/C9H11BrFNO/c1-12-8(5-13)6-3-2-4-7(10)9(6)11/h2-4,8,12-13H,5H2,1H3/t8-/m1/s1. The van der Waals surface area contributed by atoms with Gasteiger partial charge in [-0.25, -0.2) is 4.39 Å². The number of nitrogens with one attached hydrogen (secondary N) is 1. The van der Waals surface area contributed by atoms with E-state index in [2.05, 4.69) is 21.2 Å². The van der Waals surface area contributed by atoms with Crippen LogP contribution < -0.4 is 5.32 Å². The Morgan fingerprint density at radius 2 is 2.31 bits per heavy atom. The Bertz CT molecular complexity index is 289. The largest absolute Gasteiger partial charge is 0.394 e. The van der Waals surface area contributed by atoms with Gasteiger partial charge >= 0.3 is 0 Å². The lowest BCUT2D eigenvalue weighted by Gasteiger charge is -2.14. The number of hydrogen-bond acceptors (Lipinski definition) is 2. The maximum Gasteiger partial charge on any atom is 0.142 e. The fraction of sp³-hybridized carbons (Fsp3) is 0.333. The average Bonchev–Trinajstić information content (AvgIpc) is 2.14. The molecule has 0 aromatic heterocycles. The maximum absolute atomic E-state index is 13.4. The number of likely N-dealkylation sites (N-methyl/N-ethyl adjacent to an activating group) is 1. The second-order valence-corrected chi connectivity index (χ2v) is 3.52. The second-order valence-electron chi connectivity index (χ2n) is 2.67. The molecule has 4 heteroatoms. The molecule has 0 aliphatic carbocycles. The lowest BCUT2D eigenvalue weighted by molar-refractivity contribution is 0.248. The SMILES string of the molecule is CN[C@H](CO)c1cccc(Br)c1F. The van der Waals surface area contributed by atoms with Gasteiger partial charge in [0.15, 0.2) is 0 Å². The van der Waals surface area contributed by atoms with Gasteiger partial charge in [0.2, 0.25) is 0 Å². The van der Waals surface area contributed by atoms with Gasteiger partial charge in [-0.3, -0.25) is 0 Å². The third-order valence-electron chi connectivity index (χ3n) is 1.89. The van der Waals surface area contributed by atoms with Crippen molar-refractivity contribution >= 4 is 15.9 Å². The summed E-state index contributed by atoms with van der Waals surface area (Å²) in [5, 5.41) is 11.8. The van der Waals surface area contributed by atoms with Gasteiger partial charge in [-0.15, -0.1) is 0 Å². The fourth-order valence-corrected chi connectivity index (χ4v) is 1.52. The molecular formula is C9H11BrFNO. The summed E-state index contributed by atoms with van der Waals surface area (Å²) in [6.45, 7) is -0.121. The Kier molecular flexibility index (Phi) is 3.84. The maximum atomic E-state index is 13.4. The highest BCUT2D eigenvalue weighted by molar-refractivity contribution is 9.10. The van der Waals surface area contributed by atoms with Crippen molar-refractivity contribution in [2.75, 3.05) is 13.7 Å². The van der Waals surface area contributed by atoms with Gasteiger partial charge in [-0.1, -0.05) is 12.1 Å². The molecule has 0 amide bonds. The van der Waals surface area contributed by atoms with Crippen molar-refractivity contribution in [1.29, 1.82) is 0 Å². The second kappa shape index (κ2) is 4.69. The number of hydrogen-bond donors (Lipinski definition) is 2. The molecule has 0 saturated heterocycles. The normalized spacial score (nSPS) is 12.9. The highest BCUT2D eigenvalue weighted by atomic mass is 79.9. The molecule has 0 unspecified atom stereocenters. The molecule has 72 valence electrons. The van der Waals surface area contributed by atoms with E-state index in [9.17, 15) is 4.39 Å². The van der Waals surface area contributed by atoms with E-state index in [4.69, 9.17) is 5.11 Å². The van der Waals surface area contributed by atoms with Crippen LogP contribution in [0.2, 0.25) is 0 Å². The highest BCUT2D eigenvalue weighted by Gasteiger charge is 2.14. The van der Waals surface area contributed by atoms with Crippen LogP contribution in [0.1, 0.15) is 11.6 Å². The van der Waals surface area contributed by atoms with Crippen LogP contribution in [0.15, 0.2) is 22.7 Å². The van der Waals surface area contributed by atoms with Crippen LogP contribution in [-0.4, -0.2) is 18.8 Å². The molecule has 0 heterocycles. The van der Waals surface area contributed by atoms with Crippen LogP contribution in [0.25, 0.3) is 0 Å². The van der Waals surface area contributed by atoms with Gasteiger partial charge in [-0.05, 0) is 29.0 Å². The first-order chi connectivity index (χ1) is 6.20. The first-order valence-electron chi connectivity index (χ1n) is 3.92. The highest BCUT2D eigenvalue weighted by Crippen LogP contribution is 2.23. The van der Waals surface area contributed by atoms with Crippen molar-refractivity contribution in [3.63, 3.8) is 0 Å². The number of aliphatic hydroxyl groups is 1. The van der Waals surface area contributed by atoms with Gasteiger partial charge in [-0.2, -0.15) is 0 Å². The minimum Gasteiger partial charge on any atom is -0.394 e. The molecule has 0 bridgehead atoms. The molecule has 0 radical (unpaired) electrons. The van der Waals surface area contributed by atoms with E-state index in [1.807, 2.05) is 0 Å². The van der Waals surface area contributed by atoms with E-state index in [1.165, 1.54) is 0 Å². The fourth-order valence-electron chi connectivity index (χ4n) is 1.13. The van der Waals surface area contributed by atoms with Gasteiger partial charge in [0.05, 0.1) is 17.1 Å².